The molecule has 0 aromatic heterocycles. The van der Waals surface area contributed by atoms with Crippen molar-refractivity contribution in [1.82, 2.24) is 34.0 Å². The van der Waals surface area contributed by atoms with Crippen molar-refractivity contribution < 1.29 is 0 Å². The summed E-state index contributed by atoms with van der Waals surface area (Å²) in [4.78, 5) is 5.43. The zero-order valence-corrected chi connectivity index (χ0v) is 35.4. The quantitative estimate of drug-likeness (QED) is 0.116. The summed E-state index contributed by atoms with van der Waals surface area (Å²) in [5.74, 6) is 0.787. The van der Waals surface area contributed by atoms with Crippen molar-refractivity contribution in [2.24, 2.45) is 14.3 Å². The van der Waals surface area contributed by atoms with Gasteiger partial charge in [-0.1, -0.05) is 103 Å². The first-order valence-corrected chi connectivity index (χ1v) is 21.8. The number of aliphatic imine (C=N–C) groups is 1. The Balaban J connectivity index is 1.43. The van der Waals surface area contributed by atoms with Gasteiger partial charge in [-0.3, -0.25) is 18.8 Å². The average molecular weight is 765 g/mol. The van der Waals surface area contributed by atoms with Crippen molar-refractivity contribution in [3.63, 3.8) is 0 Å². The number of hydrogen-bond acceptors (Lipinski definition) is 4. The van der Waals surface area contributed by atoms with Crippen LogP contribution in [0.25, 0.3) is 21.5 Å². The van der Waals surface area contributed by atoms with Gasteiger partial charge in [-0.05, 0) is 127 Å². The molecule has 0 aliphatic carbocycles. The van der Waals surface area contributed by atoms with E-state index >= 15 is 0 Å². The van der Waals surface area contributed by atoms with Gasteiger partial charge in [0.1, 0.15) is 6.04 Å². The predicted molar refractivity (Wildman–Crippen MR) is 233 cm³/mol. The van der Waals surface area contributed by atoms with E-state index in [9.17, 15) is 0 Å². The minimum absolute atomic E-state index is 0.0495. The van der Waals surface area contributed by atoms with Gasteiger partial charge in [-0.2, -0.15) is 4.52 Å². The predicted octanol–water partition coefficient (Wildman–Crippen LogP) is 8.64. The summed E-state index contributed by atoms with van der Waals surface area (Å²) in [6.45, 7) is 0.540. The summed E-state index contributed by atoms with van der Waals surface area (Å²) in [6, 6.07) is 41.1. The Hall–Kier alpha value is -3.85. The van der Waals surface area contributed by atoms with Crippen molar-refractivity contribution in [1.29, 1.82) is 0 Å². The first-order valence-electron chi connectivity index (χ1n) is 18.6. The summed E-state index contributed by atoms with van der Waals surface area (Å²) < 4.78 is 22.7. The fourth-order valence-electron chi connectivity index (χ4n) is 7.62. The van der Waals surface area contributed by atoms with E-state index in [0.717, 1.165) is 12.4 Å². The van der Waals surface area contributed by atoms with Gasteiger partial charge in [0.15, 0.2) is 13.5 Å². The zero-order valence-electron chi connectivity index (χ0n) is 33.6. The lowest BCUT2D eigenvalue weighted by atomic mass is 9.92. The largest absolute Gasteiger partial charge is 0.351 e. The number of nitrogens with one attached hydrogen (secondary N) is 2. The van der Waals surface area contributed by atoms with Crippen LogP contribution in [-0.4, -0.2) is 112 Å². The van der Waals surface area contributed by atoms with Gasteiger partial charge >= 0.3 is 0 Å². The van der Waals surface area contributed by atoms with Gasteiger partial charge in [-0.25, -0.2) is 14.3 Å². The second kappa shape index (κ2) is 16.9. The summed E-state index contributed by atoms with van der Waals surface area (Å²) in [5, 5.41) is 12.6. The van der Waals surface area contributed by atoms with Crippen molar-refractivity contribution in [2.75, 3.05) is 77.0 Å². The Kier molecular flexibility index (Phi) is 12.5. The third-order valence-corrected chi connectivity index (χ3v) is 18.0. The second-order valence-corrected chi connectivity index (χ2v) is 22.2. The molecule has 0 fully saturated rings. The molecule has 1 aliphatic rings. The van der Waals surface area contributed by atoms with E-state index in [-0.39, 0.29) is 18.1 Å². The van der Waals surface area contributed by atoms with Crippen LogP contribution < -0.4 is 10.6 Å². The standard InChI is InChI=1S/C42H58N10P2/c1-48(2)53(49(3)4,47-54(50(5)6,51(7)8)52(9)10)43-31-39(28-32-18-12-11-13-19-32)44-42-45-40(37-26-24-33-20-14-16-22-35(33)29-37)41(46-42)38-27-25-34-21-15-17-23-36(34)30-38/h11-27,29-30,39-41H,28,31H2,1-10H3,(H2,44,45,46)/t39-,40-,41+/m0/s1. The van der Waals surface area contributed by atoms with Gasteiger partial charge in [0.2, 0.25) is 7.51 Å². The van der Waals surface area contributed by atoms with Gasteiger partial charge in [0, 0.05) is 0 Å². The zero-order chi connectivity index (χ0) is 38.6. The average Bonchev–Trinajstić information content (AvgIpc) is 3.58. The highest BCUT2D eigenvalue weighted by Gasteiger charge is 2.37. The van der Waals surface area contributed by atoms with E-state index in [2.05, 4.69) is 220 Å². The summed E-state index contributed by atoms with van der Waals surface area (Å²) in [7, 11) is 16.4. The molecular formula is C42H58N10P2. The number of hydrogen-bond donors (Lipinski definition) is 2. The highest BCUT2D eigenvalue weighted by atomic mass is 31.2. The fourth-order valence-corrected chi connectivity index (χ4v) is 16.1. The maximum Gasteiger partial charge on any atom is 0.212 e. The van der Waals surface area contributed by atoms with E-state index < -0.39 is 15.0 Å². The molecule has 12 heteroatoms. The SMILES string of the molecule is CN(C)P(=NC[C@H](Cc1ccccc1)NC1=N[C@H](c2ccc3ccccc3c2)[C@H](c2ccc3ccccc3c2)N1)(N=P(N(C)C)(N(C)C)N(C)C)N(C)C. The van der Waals surface area contributed by atoms with E-state index in [1.807, 2.05) is 0 Å². The Morgan fingerprint density at radius 1 is 0.611 bits per heavy atom. The minimum atomic E-state index is -2.55. The smallest absolute Gasteiger partial charge is 0.212 e. The summed E-state index contributed by atoms with van der Waals surface area (Å²) in [5.41, 5.74) is 3.63. The molecule has 0 unspecified atom stereocenters. The van der Waals surface area contributed by atoms with Gasteiger partial charge < -0.3 is 10.6 Å². The molecule has 1 heterocycles. The molecule has 5 aromatic carbocycles. The molecule has 1 aliphatic heterocycles. The van der Waals surface area contributed by atoms with Gasteiger partial charge in [-0.15, -0.1) is 0 Å². The second-order valence-electron chi connectivity index (χ2n) is 15.0. The molecule has 10 nitrogen and oxygen atoms in total. The molecule has 0 spiro atoms. The maximum absolute atomic E-state index is 5.81. The lowest BCUT2D eigenvalue weighted by molar-refractivity contribution is 0.472. The highest BCUT2D eigenvalue weighted by molar-refractivity contribution is 7.71. The number of rotatable bonds is 13. The number of benzene rings is 5. The Bertz CT molecular complexity index is 2160. The molecule has 0 radical (unpaired) electrons. The van der Waals surface area contributed by atoms with Gasteiger partial charge in [0.25, 0.3) is 0 Å². The molecule has 6 rings (SSSR count). The molecule has 2 N–H and O–H groups in total. The summed E-state index contributed by atoms with van der Waals surface area (Å²) in [6.07, 6.45) is 0.780. The highest BCUT2D eigenvalue weighted by Crippen LogP contribution is 2.67. The molecule has 5 aromatic rings. The fraction of sp³-hybridized carbons (Fsp3) is 0.357. The van der Waals surface area contributed by atoms with Crippen molar-refractivity contribution in [3.8, 4) is 0 Å². The first-order chi connectivity index (χ1) is 25.8. The van der Waals surface area contributed by atoms with E-state index in [0.29, 0.717) is 6.54 Å². The Labute approximate surface area is 323 Å². The third kappa shape index (κ3) is 8.22. The monoisotopic (exact) mass is 764 g/mol. The van der Waals surface area contributed by atoms with Crippen LogP contribution in [0.15, 0.2) is 130 Å². The van der Waals surface area contributed by atoms with E-state index in [1.165, 1.54) is 38.2 Å². The van der Waals surface area contributed by atoms with Crippen LogP contribution in [-0.2, 0) is 6.42 Å². The van der Waals surface area contributed by atoms with Crippen molar-refractivity contribution in [2.45, 2.75) is 24.5 Å². The van der Waals surface area contributed by atoms with Crippen LogP contribution in [0, 0.1) is 0 Å². The number of fused-ring (bicyclic) bond motifs is 2. The molecule has 0 amide bonds. The van der Waals surface area contributed by atoms with Crippen LogP contribution in [0.5, 0.6) is 0 Å². The molecule has 54 heavy (non-hydrogen) atoms. The van der Waals surface area contributed by atoms with Crippen LogP contribution in [0.2, 0.25) is 0 Å². The first kappa shape index (κ1) is 39.8. The number of guanidine groups is 1. The minimum Gasteiger partial charge on any atom is -0.351 e. The van der Waals surface area contributed by atoms with E-state index in [1.54, 1.807) is 0 Å². The van der Waals surface area contributed by atoms with Crippen LogP contribution in [0.1, 0.15) is 28.8 Å². The van der Waals surface area contributed by atoms with Crippen LogP contribution >= 0.6 is 15.0 Å². The van der Waals surface area contributed by atoms with E-state index in [4.69, 9.17) is 14.3 Å². The third-order valence-electron chi connectivity index (χ3n) is 10.2. The molecular weight excluding hydrogens is 706 g/mol. The molecule has 0 saturated heterocycles. The van der Waals surface area contributed by atoms with Crippen molar-refractivity contribution in [3.05, 3.63) is 132 Å². The van der Waals surface area contributed by atoms with Crippen molar-refractivity contribution >= 4 is 42.5 Å². The Morgan fingerprint density at radius 3 is 1.65 bits per heavy atom. The lowest BCUT2D eigenvalue weighted by Crippen LogP contribution is -2.44. The topological polar surface area (TPSA) is 77.3 Å². The summed E-state index contributed by atoms with van der Waals surface area (Å²) >= 11 is 0. The van der Waals surface area contributed by atoms with Gasteiger partial charge in [0.05, 0.1) is 18.6 Å². The molecule has 0 saturated carbocycles. The molecule has 0 bridgehead atoms. The van der Waals surface area contributed by atoms with Crippen LogP contribution in [0.3, 0.4) is 0 Å². The van der Waals surface area contributed by atoms with Crippen LogP contribution in [0.4, 0.5) is 0 Å². The lowest BCUT2D eigenvalue weighted by Gasteiger charge is -2.44. The maximum atomic E-state index is 5.81. The Morgan fingerprint density at radius 2 is 1.11 bits per heavy atom. The molecule has 286 valence electrons. The number of nitrogens with zero attached hydrogens (tertiary/aromatic N) is 8. The normalized spacial score (nSPS) is 17.1. The molecule has 3 atom stereocenters.